The number of nitrogens with two attached hydrogens (primary N) is 1. The molecule has 6 heteroatoms. The number of aromatic nitrogens is 2. The molecule has 0 aromatic carbocycles. The fourth-order valence-electron chi connectivity index (χ4n) is 2.26. The van der Waals surface area contributed by atoms with Gasteiger partial charge in [-0.15, -0.1) is 0 Å². The van der Waals surface area contributed by atoms with Crippen LogP contribution in [0.5, 0.6) is 5.75 Å². The van der Waals surface area contributed by atoms with Gasteiger partial charge in [-0.2, -0.15) is 5.10 Å². The molecule has 0 bridgehead atoms. The highest BCUT2D eigenvalue weighted by Crippen LogP contribution is 2.29. The third-order valence-electron chi connectivity index (χ3n) is 3.13. The molecule has 1 aromatic heterocycles. The van der Waals surface area contributed by atoms with Gasteiger partial charge >= 0.3 is 0 Å². The van der Waals surface area contributed by atoms with Crippen molar-refractivity contribution in [3.63, 3.8) is 0 Å². The molecule has 0 aliphatic heterocycles. The lowest BCUT2D eigenvalue weighted by Crippen LogP contribution is -2.39. The Morgan fingerprint density at radius 1 is 1.42 bits per heavy atom. The van der Waals surface area contributed by atoms with Crippen LogP contribution in [0.25, 0.3) is 0 Å². The molecule has 0 saturated carbocycles. The predicted molar refractivity (Wildman–Crippen MR) is 74.8 cm³/mol. The van der Waals surface area contributed by atoms with E-state index in [4.69, 9.17) is 15.3 Å². The molecule has 0 radical (unpaired) electrons. The lowest BCUT2D eigenvalue weighted by molar-refractivity contribution is 0.0284. The van der Waals surface area contributed by atoms with Crippen molar-refractivity contribution < 1.29 is 9.47 Å². The van der Waals surface area contributed by atoms with Gasteiger partial charge in [0.2, 0.25) is 0 Å². The zero-order chi connectivity index (χ0) is 14.3. The molecule has 1 heterocycles. The van der Waals surface area contributed by atoms with Crippen LogP contribution < -0.4 is 16.0 Å². The maximum atomic E-state index is 5.76. The number of hydrazine groups is 1. The standard InChI is InChI=1S/C13H26N4O2/c1-5-8-17-13(11(18-4)9-15-17)12(16-14)10(6-2)19-7-3/h9-10,12,16H,5-8,14H2,1-4H3. The largest absolute Gasteiger partial charge is 0.493 e. The maximum Gasteiger partial charge on any atom is 0.161 e. The average Bonchev–Trinajstić information content (AvgIpc) is 2.82. The molecule has 1 rings (SSSR count). The van der Waals surface area contributed by atoms with Crippen molar-refractivity contribution in [1.29, 1.82) is 0 Å². The van der Waals surface area contributed by atoms with E-state index in [0.717, 1.165) is 30.8 Å². The summed E-state index contributed by atoms with van der Waals surface area (Å²) in [5.41, 5.74) is 3.80. The molecular weight excluding hydrogens is 244 g/mol. The number of aryl methyl sites for hydroxylation is 1. The predicted octanol–water partition coefficient (Wildman–Crippen LogP) is 1.62. The second kappa shape index (κ2) is 8.14. The lowest BCUT2D eigenvalue weighted by atomic mass is 10.0. The molecule has 0 aliphatic rings. The van der Waals surface area contributed by atoms with Crippen molar-refractivity contribution in [3.05, 3.63) is 11.9 Å². The molecule has 0 spiro atoms. The van der Waals surface area contributed by atoms with E-state index in [2.05, 4.69) is 24.4 Å². The van der Waals surface area contributed by atoms with Gasteiger partial charge in [-0.3, -0.25) is 10.5 Å². The van der Waals surface area contributed by atoms with Crippen LogP contribution in [0.1, 0.15) is 45.3 Å². The number of methoxy groups -OCH3 is 1. The Bertz CT molecular complexity index is 368. The van der Waals surface area contributed by atoms with Crippen LogP contribution in [-0.4, -0.2) is 29.6 Å². The summed E-state index contributed by atoms with van der Waals surface area (Å²) in [4.78, 5) is 0. The molecule has 0 saturated heterocycles. The first-order valence-electron chi connectivity index (χ1n) is 6.90. The Hall–Kier alpha value is -1.11. The molecular formula is C13H26N4O2. The van der Waals surface area contributed by atoms with Crippen molar-refractivity contribution >= 4 is 0 Å². The van der Waals surface area contributed by atoms with Crippen LogP contribution in [-0.2, 0) is 11.3 Å². The summed E-state index contributed by atoms with van der Waals surface area (Å²) in [7, 11) is 1.64. The zero-order valence-electron chi connectivity index (χ0n) is 12.3. The molecule has 3 N–H and O–H groups in total. The summed E-state index contributed by atoms with van der Waals surface area (Å²) in [6, 6.07) is -0.131. The Kier molecular flexibility index (Phi) is 6.83. The fraction of sp³-hybridized carbons (Fsp3) is 0.769. The fourth-order valence-corrected chi connectivity index (χ4v) is 2.26. The first-order chi connectivity index (χ1) is 9.23. The van der Waals surface area contributed by atoms with E-state index < -0.39 is 0 Å². The molecule has 1 aromatic rings. The van der Waals surface area contributed by atoms with Crippen molar-refractivity contribution in [2.45, 2.75) is 52.3 Å². The van der Waals surface area contributed by atoms with Crippen LogP contribution >= 0.6 is 0 Å². The number of nitrogens with one attached hydrogen (secondary N) is 1. The van der Waals surface area contributed by atoms with E-state index in [1.807, 2.05) is 11.6 Å². The van der Waals surface area contributed by atoms with Gasteiger partial charge in [0.15, 0.2) is 5.75 Å². The quantitative estimate of drug-likeness (QED) is 0.527. The molecule has 19 heavy (non-hydrogen) atoms. The Morgan fingerprint density at radius 2 is 2.16 bits per heavy atom. The van der Waals surface area contributed by atoms with Gasteiger partial charge in [0.25, 0.3) is 0 Å². The molecule has 2 unspecified atom stereocenters. The second-order valence-corrected chi connectivity index (χ2v) is 4.37. The van der Waals surface area contributed by atoms with Crippen molar-refractivity contribution in [2.75, 3.05) is 13.7 Å². The smallest absolute Gasteiger partial charge is 0.161 e. The van der Waals surface area contributed by atoms with Gasteiger partial charge < -0.3 is 9.47 Å². The normalized spacial score (nSPS) is 14.4. The van der Waals surface area contributed by atoms with Gasteiger partial charge in [-0.05, 0) is 19.8 Å². The van der Waals surface area contributed by atoms with Crippen molar-refractivity contribution in [3.8, 4) is 5.75 Å². The number of rotatable bonds is 9. The van der Waals surface area contributed by atoms with E-state index in [-0.39, 0.29) is 12.1 Å². The minimum absolute atomic E-state index is 0.00351. The monoisotopic (exact) mass is 270 g/mol. The molecule has 2 atom stereocenters. The molecule has 0 amide bonds. The molecule has 0 aliphatic carbocycles. The van der Waals surface area contributed by atoms with Gasteiger partial charge in [-0.1, -0.05) is 13.8 Å². The Balaban J connectivity index is 3.10. The summed E-state index contributed by atoms with van der Waals surface area (Å²) >= 11 is 0. The first-order valence-corrected chi connectivity index (χ1v) is 6.90. The van der Waals surface area contributed by atoms with Gasteiger partial charge in [0.05, 0.1) is 25.5 Å². The van der Waals surface area contributed by atoms with E-state index in [0.29, 0.717) is 6.61 Å². The molecule has 6 nitrogen and oxygen atoms in total. The summed E-state index contributed by atoms with van der Waals surface area (Å²) in [5, 5.41) is 4.36. The van der Waals surface area contributed by atoms with E-state index in [1.54, 1.807) is 13.3 Å². The zero-order valence-corrected chi connectivity index (χ0v) is 12.3. The van der Waals surface area contributed by atoms with Gasteiger partial charge in [0.1, 0.15) is 5.69 Å². The molecule has 110 valence electrons. The van der Waals surface area contributed by atoms with Crippen LogP contribution in [0.4, 0.5) is 0 Å². The second-order valence-electron chi connectivity index (χ2n) is 4.37. The SMILES string of the molecule is CCCn1ncc(OC)c1C(NN)C(CC)OCC. The summed E-state index contributed by atoms with van der Waals surface area (Å²) in [6.45, 7) is 7.66. The Morgan fingerprint density at radius 3 is 2.63 bits per heavy atom. The number of hydrogen-bond donors (Lipinski definition) is 2. The third kappa shape index (κ3) is 3.68. The highest BCUT2D eigenvalue weighted by atomic mass is 16.5. The maximum absolute atomic E-state index is 5.76. The summed E-state index contributed by atoms with van der Waals surface area (Å²) in [5.74, 6) is 6.48. The van der Waals surface area contributed by atoms with E-state index >= 15 is 0 Å². The minimum atomic E-state index is -0.131. The van der Waals surface area contributed by atoms with Crippen LogP contribution in [0.15, 0.2) is 6.20 Å². The topological polar surface area (TPSA) is 74.3 Å². The average molecular weight is 270 g/mol. The Labute approximate surface area is 115 Å². The van der Waals surface area contributed by atoms with Gasteiger partial charge in [0, 0.05) is 13.2 Å². The van der Waals surface area contributed by atoms with Crippen molar-refractivity contribution in [2.24, 2.45) is 5.84 Å². The molecule has 0 fully saturated rings. The lowest BCUT2D eigenvalue weighted by Gasteiger charge is -2.26. The van der Waals surface area contributed by atoms with E-state index in [9.17, 15) is 0 Å². The van der Waals surface area contributed by atoms with Crippen LogP contribution in [0, 0.1) is 0 Å². The highest BCUT2D eigenvalue weighted by Gasteiger charge is 2.28. The number of ether oxygens (including phenoxy) is 2. The highest BCUT2D eigenvalue weighted by molar-refractivity contribution is 5.29. The number of nitrogens with zero attached hydrogens (tertiary/aromatic N) is 2. The third-order valence-corrected chi connectivity index (χ3v) is 3.13. The first kappa shape index (κ1) is 15.9. The minimum Gasteiger partial charge on any atom is -0.493 e. The van der Waals surface area contributed by atoms with Crippen LogP contribution in [0.2, 0.25) is 0 Å². The summed E-state index contributed by atoms with van der Waals surface area (Å²) in [6.07, 6.45) is 3.59. The van der Waals surface area contributed by atoms with Gasteiger partial charge in [-0.25, -0.2) is 5.43 Å². The van der Waals surface area contributed by atoms with Crippen molar-refractivity contribution in [1.82, 2.24) is 15.2 Å². The van der Waals surface area contributed by atoms with E-state index in [1.165, 1.54) is 0 Å². The van der Waals surface area contributed by atoms with Crippen LogP contribution in [0.3, 0.4) is 0 Å². The summed E-state index contributed by atoms with van der Waals surface area (Å²) < 4.78 is 13.1. The number of hydrogen-bond acceptors (Lipinski definition) is 5.